The van der Waals surface area contributed by atoms with Gasteiger partial charge in [-0.1, -0.05) is 19.8 Å². The van der Waals surface area contributed by atoms with Gasteiger partial charge < -0.3 is 4.74 Å². The molecule has 2 nitrogen and oxygen atoms in total. The first-order valence-electron chi connectivity index (χ1n) is 7.03. The molecule has 0 atom stereocenters. The molecule has 106 valence electrons. The van der Waals surface area contributed by atoms with E-state index in [2.05, 4.69) is 6.92 Å². The molecular formula is C16H24O2S. The average Bonchev–Trinajstić information content (AvgIpc) is 2.40. The molecule has 0 saturated heterocycles. The molecule has 0 aromatic heterocycles. The number of unbranched alkanes of at least 4 members (excludes halogenated alkanes) is 2. The van der Waals surface area contributed by atoms with Crippen LogP contribution in [-0.2, 0) is 5.75 Å². The fourth-order valence-corrected chi connectivity index (χ4v) is 2.84. The van der Waals surface area contributed by atoms with Crippen molar-refractivity contribution in [3.63, 3.8) is 0 Å². The quantitative estimate of drug-likeness (QED) is 0.484. The number of ketones is 1. The lowest BCUT2D eigenvalue weighted by Gasteiger charge is -2.11. The van der Waals surface area contributed by atoms with E-state index < -0.39 is 0 Å². The Bertz CT molecular complexity index is 402. The second-order valence-electron chi connectivity index (χ2n) is 4.57. The number of thioether (sulfide) groups is 1. The number of ether oxygens (including phenoxy) is 1. The Morgan fingerprint density at radius 2 is 2.05 bits per heavy atom. The Labute approximate surface area is 120 Å². The van der Waals surface area contributed by atoms with E-state index in [1.165, 1.54) is 25.0 Å². The van der Waals surface area contributed by atoms with E-state index in [0.717, 1.165) is 22.6 Å². The van der Waals surface area contributed by atoms with Crippen LogP contribution < -0.4 is 4.74 Å². The Morgan fingerprint density at radius 1 is 1.26 bits per heavy atom. The van der Waals surface area contributed by atoms with Gasteiger partial charge >= 0.3 is 0 Å². The molecule has 1 aromatic rings. The van der Waals surface area contributed by atoms with E-state index in [1.807, 2.05) is 36.9 Å². The van der Waals surface area contributed by atoms with Gasteiger partial charge in [-0.2, -0.15) is 11.8 Å². The molecule has 1 rings (SSSR count). The molecule has 0 amide bonds. The Kier molecular flexibility index (Phi) is 7.65. The smallest absolute Gasteiger partial charge is 0.159 e. The molecule has 0 aliphatic heterocycles. The van der Waals surface area contributed by atoms with Gasteiger partial charge in [-0.15, -0.1) is 0 Å². The molecule has 0 unspecified atom stereocenters. The van der Waals surface area contributed by atoms with Crippen molar-refractivity contribution in [3.05, 3.63) is 29.3 Å². The van der Waals surface area contributed by atoms with Gasteiger partial charge in [0.2, 0.25) is 0 Å². The lowest BCUT2D eigenvalue weighted by atomic mass is 10.1. The van der Waals surface area contributed by atoms with Gasteiger partial charge in [0, 0.05) is 16.9 Å². The predicted molar refractivity (Wildman–Crippen MR) is 83.3 cm³/mol. The van der Waals surface area contributed by atoms with Gasteiger partial charge in [0.25, 0.3) is 0 Å². The Hall–Kier alpha value is -0.960. The van der Waals surface area contributed by atoms with Crippen molar-refractivity contribution in [3.8, 4) is 5.75 Å². The third-order valence-corrected chi connectivity index (χ3v) is 4.01. The molecule has 1 aromatic carbocycles. The largest absolute Gasteiger partial charge is 0.494 e. The highest BCUT2D eigenvalue weighted by molar-refractivity contribution is 7.98. The van der Waals surface area contributed by atoms with Crippen molar-refractivity contribution in [2.45, 2.75) is 45.8 Å². The maximum absolute atomic E-state index is 11.4. The number of benzene rings is 1. The zero-order valence-electron chi connectivity index (χ0n) is 12.2. The van der Waals surface area contributed by atoms with Crippen molar-refractivity contribution in [2.75, 3.05) is 12.4 Å². The highest BCUT2D eigenvalue weighted by Gasteiger charge is 2.07. The van der Waals surface area contributed by atoms with Crippen molar-refractivity contribution < 1.29 is 9.53 Å². The minimum atomic E-state index is 0.111. The first-order chi connectivity index (χ1) is 9.19. The Morgan fingerprint density at radius 3 is 2.68 bits per heavy atom. The molecule has 0 aliphatic rings. The molecule has 0 radical (unpaired) electrons. The maximum atomic E-state index is 11.4. The molecule has 0 aliphatic carbocycles. The van der Waals surface area contributed by atoms with Gasteiger partial charge in [0.05, 0.1) is 6.61 Å². The molecule has 0 N–H and O–H groups in total. The van der Waals surface area contributed by atoms with Gasteiger partial charge in [-0.05, 0) is 44.2 Å². The summed E-state index contributed by atoms with van der Waals surface area (Å²) in [6.07, 6.45) is 3.81. The molecule has 0 saturated carbocycles. The summed E-state index contributed by atoms with van der Waals surface area (Å²) < 4.78 is 5.63. The molecule has 0 heterocycles. The molecular weight excluding hydrogens is 256 g/mol. The summed E-state index contributed by atoms with van der Waals surface area (Å²) >= 11 is 1.92. The number of carbonyl (C=O) groups is 1. The second-order valence-corrected chi connectivity index (χ2v) is 5.68. The zero-order chi connectivity index (χ0) is 14.1. The highest BCUT2D eigenvalue weighted by Crippen LogP contribution is 2.25. The molecule has 3 heteroatoms. The monoisotopic (exact) mass is 280 g/mol. The van der Waals surface area contributed by atoms with Crippen LogP contribution in [0.2, 0.25) is 0 Å². The maximum Gasteiger partial charge on any atom is 0.159 e. The van der Waals surface area contributed by atoms with Gasteiger partial charge in [-0.3, -0.25) is 4.79 Å². The molecule has 19 heavy (non-hydrogen) atoms. The number of Topliss-reactive ketones (excluding diaryl/α,β-unsaturated/α-hetero) is 1. The van der Waals surface area contributed by atoms with E-state index in [-0.39, 0.29) is 5.78 Å². The van der Waals surface area contributed by atoms with E-state index in [1.54, 1.807) is 6.92 Å². The average molecular weight is 280 g/mol. The van der Waals surface area contributed by atoms with Crippen LogP contribution in [0.4, 0.5) is 0 Å². The van der Waals surface area contributed by atoms with Crippen LogP contribution in [0.5, 0.6) is 5.75 Å². The topological polar surface area (TPSA) is 26.3 Å². The summed E-state index contributed by atoms with van der Waals surface area (Å²) in [5, 5.41) is 0. The molecule has 0 fully saturated rings. The lowest BCUT2D eigenvalue weighted by Crippen LogP contribution is -1.99. The number of hydrogen-bond acceptors (Lipinski definition) is 3. The summed E-state index contributed by atoms with van der Waals surface area (Å²) in [6, 6.07) is 5.74. The number of carbonyl (C=O) groups excluding carboxylic acids is 1. The lowest BCUT2D eigenvalue weighted by molar-refractivity contribution is 0.101. The van der Waals surface area contributed by atoms with Gasteiger partial charge in [0.1, 0.15) is 5.75 Å². The third-order valence-electron chi connectivity index (χ3n) is 2.92. The van der Waals surface area contributed by atoms with Crippen molar-refractivity contribution in [2.24, 2.45) is 0 Å². The summed E-state index contributed by atoms with van der Waals surface area (Å²) in [5.41, 5.74) is 1.91. The van der Waals surface area contributed by atoms with E-state index in [0.29, 0.717) is 6.61 Å². The van der Waals surface area contributed by atoms with Crippen LogP contribution >= 0.6 is 11.8 Å². The van der Waals surface area contributed by atoms with E-state index >= 15 is 0 Å². The van der Waals surface area contributed by atoms with E-state index in [4.69, 9.17) is 4.74 Å². The van der Waals surface area contributed by atoms with Crippen LogP contribution in [0, 0.1) is 0 Å². The van der Waals surface area contributed by atoms with E-state index in [9.17, 15) is 4.79 Å². The van der Waals surface area contributed by atoms with Gasteiger partial charge in [0.15, 0.2) is 5.78 Å². The minimum Gasteiger partial charge on any atom is -0.494 e. The van der Waals surface area contributed by atoms with Crippen LogP contribution in [0.1, 0.15) is 56.0 Å². The zero-order valence-corrected chi connectivity index (χ0v) is 13.0. The predicted octanol–water partition coefficient (Wildman–Crippen LogP) is 4.71. The highest BCUT2D eigenvalue weighted by atomic mass is 32.2. The summed E-state index contributed by atoms with van der Waals surface area (Å²) in [5.74, 6) is 3.11. The van der Waals surface area contributed by atoms with Crippen LogP contribution in [0.3, 0.4) is 0 Å². The normalized spacial score (nSPS) is 10.5. The minimum absolute atomic E-state index is 0.111. The number of rotatable bonds is 9. The third kappa shape index (κ3) is 5.68. The summed E-state index contributed by atoms with van der Waals surface area (Å²) in [7, 11) is 0. The van der Waals surface area contributed by atoms with Crippen LogP contribution in [0.15, 0.2) is 18.2 Å². The summed E-state index contributed by atoms with van der Waals surface area (Å²) in [6.45, 7) is 6.46. The fraction of sp³-hybridized carbons (Fsp3) is 0.562. The van der Waals surface area contributed by atoms with Gasteiger partial charge in [-0.25, -0.2) is 0 Å². The summed E-state index contributed by atoms with van der Waals surface area (Å²) in [4.78, 5) is 11.4. The van der Waals surface area contributed by atoms with Crippen LogP contribution in [0.25, 0.3) is 0 Å². The first-order valence-corrected chi connectivity index (χ1v) is 8.18. The molecule has 0 bridgehead atoms. The van der Waals surface area contributed by atoms with Crippen molar-refractivity contribution in [1.29, 1.82) is 0 Å². The Balaban J connectivity index is 2.65. The van der Waals surface area contributed by atoms with Crippen molar-refractivity contribution in [1.82, 2.24) is 0 Å². The number of hydrogen-bond donors (Lipinski definition) is 0. The fourth-order valence-electron chi connectivity index (χ4n) is 1.84. The van der Waals surface area contributed by atoms with Crippen molar-refractivity contribution >= 4 is 17.5 Å². The SMILES string of the molecule is CCCCCSCc1cc(C(C)=O)ccc1OCC. The molecule has 0 spiro atoms. The van der Waals surface area contributed by atoms with Crippen LogP contribution in [-0.4, -0.2) is 18.1 Å². The standard InChI is InChI=1S/C16H24O2S/c1-4-6-7-10-19-12-15-11-14(13(3)17)8-9-16(15)18-5-2/h8-9,11H,4-7,10,12H2,1-3H3. The first kappa shape index (κ1) is 16.1. The second kappa shape index (κ2) is 9.03.